The van der Waals surface area contributed by atoms with Crippen molar-refractivity contribution in [3.05, 3.63) is 0 Å². The number of carbonyl (C=O) groups excluding carboxylic acids is 1. The Hall–Kier alpha value is -0.810. The van der Waals surface area contributed by atoms with Crippen LogP contribution in [0.25, 0.3) is 0 Å². The van der Waals surface area contributed by atoms with Crippen LogP contribution in [0.3, 0.4) is 0 Å². The molecule has 2 amide bonds. The first kappa shape index (κ1) is 11.7. The van der Waals surface area contributed by atoms with Crippen LogP contribution in [0.15, 0.2) is 0 Å². The van der Waals surface area contributed by atoms with E-state index >= 15 is 0 Å². The fraction of sp³-hybridized carbons (Fsp3) is 0.909. The predicted octanol–water partition coefficient (Wildman–Crippen LogP) is 0.0741. The van der Waals surface area contributed by atoms with Crippen LogP contribution in [0, 0.1) is 5.92 Å². The van der Waals surface area contributed by atoms with Gasteiger partial charge in [-0.3, -0.25) is 0 Å². The van der Waals surface area contributed by atoms with E-state index in [2.05, 4.69) is 16.0 Å². The fourth-order valence-electron chi connectivity index (χ4n) is 2.20. The molecule has 0 aromatic rings. The number of rotatable bonds is 4. The Bertz CT molecular complexity index is 201. The van der Waals surface area contributed by atoms with Crippen LogP contribution in [-0.2, 0) is 4.74 Å². The molecule has 5 heteroatoms. The Labute approximate surface area is 96.3 Å². The van der Waals surface area contributed by atoms with E-state index in [9.17, 15) is 4.79 Å². The van der Waals surface area contributed by atoms with Crippen LogP contribution < -0.4 is 16.0 Å². The Morgan fingerprint density at radius 1 is 1.31 bits per heavy atom. The summed E-state index contributed by atoms with van der Waals surface area (Å²) in [4.78, 5) is 11.5. The van der Waals surface area contributed by atoms with Gasteiger partial charge in [-0.15, -0.1) is 0 Å². The second-order valence-electron chi connectivity index (χ2n) is 4.58. The molecule has 2 aliphatic rings. The summed E-state index contributed by atoms with van der Waals surface area (Å²) in [5.74, 6) is 0.591. The third kappa shape index (κ3) is 3.64. The van der Waals surface area contributed by atoms with Crippen molar-refractivity contribution in [1.82, 2.24) is 16.0 Å². The van der Waals surface area contributed by atoms with E-state index < -0.39 is 0 Å². The first-order chi connectivity index (χ1) is 7.84. The van der Waals surface area contributed by atoms with Crippen molar-refractivity contribution in [1.29, 1.82) is 0 Å². The van der Waals surface area contributed by atoms with E-state index in [0.717, 1.165) is 45.5 Å². The van der Waals surface area contributed by atoms with Crippen molar-refractivity contribution >= 4 is 6.03 Å². The van der Waals surface area contributed by atoms with E-state index in [4.69, 9.17) is 4.74 Å². The summed E-state index contributed by atoms with van der Waals surface area (Å²) >= 11 is 0. The van der Waals surface area contributed by atoms with Crippen LogP contribution in [0.5, 0.6) is 0 Å². The van der Waals surface area contributed by atoms with Crippen molar-refractivity contribution in [3.63, 3.8) is 0 Å². The average Bonchev–Trinajstić information content (AvgIpc) is 2.96. The summed E-state index contributed by atoms with van der Waals surface area (Å²) in [6, 6.07) is -0.0672. The van der Waals surface area contributed by atoms with Crippen molar-refractivity contribution < 1.29 is 9.53 Å². The minimum atomic E-state index is -0.0672. The number of hydrogen-bond donors (Lipinski definition) is 3. The number of hydrogen-bond acceptors (Lipinski definition) is 3. The van der Waals surface area contributed by atoms with Gasteiger partial charge in [0.1, 0.15) is 0 Å². The topological polar surface area (TPSA) is 62.4 Å². The lowest BCUT2D eigenvalue weighted by atomic mass is 10.1. The van der Waals surface area contributed by atoms with Crippen LogP contribution in [0.4, 0.5) is 4.79 Å². The quantitative estimate of drug-likeness (QED) is 0.637. The summed E-state index contributed by atoms with van der Waals surface area (Å²) in [5, 5.41) is 9.04. The molecule has 2 unspecified atom stereocenters. The molecule has 92 valence electrons. The first-order valence-corrected chi connectivity index (χ1v) is 6.18. The summed E-state index contributed by atoms with van der Waals surface area (Å²) in [6.07, 6.45) is 3.56. The maximum Gasteiger partial charge on any atom is 0.314 e. The molecule has 0 aromatic heterocycles. The molecular weight excluding hydrogens is 206 g/mol. The van der Waals surface area contributed by atoms with Crippen molar-refractivity contribution in [3.8, 4) is 0 Å². The second-order valence-corrected chi connectivity index (χ2v) is 4.58. The predicted molar refractivity (Wildman–Crippen MR) is 61.4 cm³/mol. The van der Waals surface area contributed by atoms with E-state index in [1.807, 2.05) is 0 Å². The molecule has 2 aliphatic heterocycles. The molecule has 2 atom stereocenters. The van der Waals surface area contributed by atoms with Gasteiger partial charge in [-0.2, -0.15) is 0 Å². The summed E-state index contributed by atoms with van der Waals surface area (Å²) in [7, 11) is 0. The van der Waals surface area contributed by atoms with Crippen molar-refractivity contribution in [2.45, 2.75) is 25.4 Å². The lowest BCUT2D eigenvalue weighted by Gasteiger charge is -2.13. The molecule has 0 spiro atoms. The fourth-order valence-corrected chi connectivity index (χ4v) is 2.20. The standard InChI is InChI=1S/C11H21N3O2/c15-11(13-7-9-3-4-12-6-9)14-8-10-2-1-5-16-10/h9-10,12H,1-8H2,(H2,13,14,15). The number of amides is 2. The average molecular weight is 227 g/mol. The van der Waals surface area contributed by atoms with Crippen molar-refractivity contribution in [2.24, 2.45) is 5.92 Å². The Morgan fingerprint density at radius 3 is 2.88 bits per heavy atom. The second kappa shape index (κ2) is 6.06. The molecule has 0 radical (unpaired) electrons. The van der Waals surface area contributed by atoms with Gasteiger partial charge in [0, 0.05) is 19.7 Å². The van der Waals surface area contributed by atoms with Gasteiger partial charge in [-0.25, -0.2) is 4.79 Å². The Balaban J connectivity index is 1.53. The lowest BCUT2D eigenvalue weighted by Crippen LogP contribution is -2.41. The summed E-state index contributed by atoms with van der Waals surface area (Å²) < 4.78 is 5.43. The van der Waals surface area contributed by atoms with Gasteiger partial charge in [-0.1, -0.05) is 0 Å². The third-order valence-corrected chi connectivity index (χ3v) is 3.23. The lowest BCUT2D eigenvalue weighted by molar-refractivity contribution is 0.111. The molecule has 0 bridgehead atoms. The van der Waals surface area contributed by atoms with Crippen LogP contribution in [0.1, 0.15) is 19.3 Å². The van der Waals surface area contributed by atoms with Gasteiger partial charge < -0.3 is 20.7 Å². The smallest absolute Gasteiger partial charge is 0.314 e. The maximum atomic E-state index is 11.5. The zero-order chi connectivity index (χ0) is 11.2. The third-order valence-electron chi connectivity index (χ3n) is 3.23. The van der Waals surface area contributed by atoms with Crippen LogP contribution >= 0.6 is 0 Å². The van der Waals surface area contributed by atoms with E-state index in [1.54, 1.807) is 0 Å². The highest BCUT2D eigenvalue weighted by Gasteiger charge is 2.17. The van der Waals surface area contributed by atoms with Crippen LogP contribution in [-0.4, -0.2) is 44.9 Å². The highest BCUT2D eigenvalue weighted by molar-refractivity contribution is 5.73. The molecule has 0 aliphatic carbocycles. The van der Waals surface area contributed by atoms with Gasteiger partial charge in [0.25, 0.3) is 0 Å². The first-order valence-electron chi connectivity index (χ1n) is 6.18. The van der Waals surface area contributed by atoms with Crippen LogP contribution in [0.2, 0.25) is 0 Å². The molecule has 2 rings (SSSR count). The summed E-state index contributed by atoms with van der Waals surface area (Å²) in [6.45, 7) is 4.33. The zero-order valence-electron chi connectivity index (χ0n) is 9.63. The summed E-state index contributed by atoms with van der Waals surface area (Å²) in [5.41, 5.74) is 0. The molecule has 2 saturated heterocycles. The highest BCUT2D eigenvalue weighted by atomic mass is 16.5. The monoisotopic (exact) mass is 227 g/mol. The van der Waals surface area contributed by atoms with Gasteiger partial charge in [0.2, 0.25) is 0 Å². The van der Waals surface area contributed by atoms with E-state index in [0.29, 0.717) is 12.5 Å². The molecule has 5 nitrogen and oxygen atoms in total. The maximum absolute atomic E-state index is 11.5. The number of urea groups is 1. The SMILES string of the molecule is O=C(NCC1CCNC1)NCC1CCCO1. The molecule has 16 heavy (non-hydrogen) atoms. The molecule has 2 heterocycles. The van der Waals surface area contributed by atoms with Gasteiger partial charge in [0.15, 0.2) is 0 Å². The zero-order valence-corrected chi connectivity index (χ0v) is 9.63. The minimum Gasteiger partial charge on any atom is -0.376 e. The van der Waals surface area contributed by atoms with Gasteiger partial charge in [-0.05, 0) is 38.3 Å². The molecule has 0 saturated carbocycles. The Morgan fingerprint density at radius 2 is 2.19 bits per heavy atom. The normalized spacial score (nSPS) is 29.2. The number of nitrogens with one attached hydrogen (secondary N) is 3. The molecule has 2 fully saturated rings. The Kier molecular flexibility index (Phi) is 4.42. The number of carbonyl (C=O) groups is 1. The highest BCUT2D eigenvalue weighted by Crippen LogP contribution is 2.10. The van der Waals surface area contributed by atoms with E-state index in [1.165, 1.54) is 0 Å². The largest absolute Gasteiger partial charge is 0.376 e. The molecule has 0 aromatic carbocycles. The molecule has 3 N–H and O–H groups in total. The number of ether oxygens (including phenoxy) is 1. The van der Waals surface area contributed by atoms with E-state index in [-0.39, 0.29) is 12.1 Å². The molecular formula is C11H21N3O2. The van der Waals surface area contributed by atoms with Crippen molar-refractivity contribution in [2.75, 3.05) is 32.8 Å². The minimum absolute atomic E-state index is 0.0672. The van der Waals surface area contributed by atoms with Gasteiger partial charge in [0.05, 0.1) is 6.10 Å². The van der Waals surface area contributed by atoms with Gasteiger partial charge >= 0.3 is 6.03 Å².